The SMILES string of the molecule is Cc1cc(OCCn2c(C(F)(F)F)ccc(C(N)=O)c2=O)ccc1C(C)C. The third-order valence-electron chi connectivity index (χ3n) is 4.18. The number of hydrogen-bond donors (Lipinski definition) is 1. The number of nitrogens with two attached hydrogens (primary N) is 1. The molecule has 146 valence electrons. The lowest BCUT2D eigenvalue weighted by molar-refractivity contribution is -0.144. The van der Waals surface area contributed by atoms with Crippen LogP contribution in [-0.4, -0.2) is 17.1 Å². The van der Waals surface area contributed by atoms with Crippen molar-refractivity contribution in [1.29, 1.82) is 0 Å². The lowest BCUT2D eigenvalue weighted by Gasteiger charge is -2.17. The van der Waals surface area contributed by atoms with Crippen molar-refractivity contribution in [2.75, 3.05) is 6.61 Å². The minimum absolute atomic E-state index is 0.175. The molecule has 27 heavy (non-hydrogen) atoms. The Balaban J connectivity index is 2.24. The third kappa shape index (κ3) is 4.69. The number of alkyl halides is 3. The molecule has 0 radical (unpaired) electrons. The molecule has 1 aromatic carbocycles. The number of pyridine rings is 1. The van der Waals surface area contributed by atoms with Gasteiger partial charge in [0.1, 0.15) is 23.6 Å². The van der Waals surface area contributed by atoms with E-state index in [9.17, 15) is 22.8 Å². The molecule has 0 atom stereocenters. The van der Waals surface area contributed by atoms with Gasteiger partial charge in [-0.25, -0.2) is 0 Å². The molecule has 0 aliphatic rings. The first-order valence-corrected chi connectivity index (χ1v) is 8.36. The number of amides is 1. The maximum atomic E-state index is 13.2. The summed E-state index contributed by atoms with van der Waals surface area (Å²) in [5.74, 6) is -0.253. The number of carbonyl (C=O) groups excluding carboxylic acids is 1. The second-order valence-corrected chi connectivity index (χ2v) is 6.47. The molecular weight excluding hydrogens is 361 g/mol. The Labute approximate surface area is 154 Å². The van der Waals surface area contributed by atoms with E-state index >= 15 is 0 Å². The molecule has 2 N–H and O–H groups in total. The first-order valence-electron chi connectivity index (χ1n) is 8.36. The van der Waals surface area contributed by atoms with Gasteiger partial charge in [0.05, 0.1) is 6.54 Å². The van der Waals surface area contributed by atoms with Crippen LogP contribution in [0.25, 0.3) is 0 Å². The summed E-state index contributed by atoms with van der Waals surface area (Å²) in [4.78, 5) is 23.5. The Morgan fingerprint density at radius 2 is 1.89 bits per heavy atom. The average molecular weight is 382 g/mol. The number of carbonyl (C=O) groups is 1. The van der Waals surface area contributed by atoms with Crippen LogP contribution in [0.1, 0.15) is 46.9 Å². The van der Waals surface area contributed by atoms with Gasteiger partial charge in [-0.15, -0.1) is 0 Å². The van der Waals surface area contributed by atoms with Gasteiger partial charge in [0, 0.05) is 0 Å². The first-order chi connectivity index (χ1) is 12.5. The monoisotopic (exact) mass is 382 g/mol. The normalized spacial score (nSPS) is 11.7. The predicted octanol–water partition coefficient (Wildman–Crippen LogP) is 3.48. The summed E-state index contributed by atoms with van der Waals surface area (Å²) in [6.45, 7) is 5.48. The number of aromatic nitrogens is 1. The van der Waals surface area contributed by atoms with Crippen molar-refractivity contribution in [3.05, 3.63) is 63.1 Å². The van der Waals surface area contributed by atoms with Crippen LogP contribution in [0.15, 0.2) is 35.1 Å². The van der Waals surface area contributed by atoms with Crippen molar-refractivity contribution in [2.45, 2.75) is 39.4 Å². The minimum atomic E-state index is -4.75. The van der Waals surface area contributed by atoms with Crippen LogP contribution in [0.3, 0.4) is 0 Å². The molecule has 2 rings (SSSR count). The number of halogens is 3. The van der Waals surface area contributed by atoms with Gasteiger partial charge in [-0.3, -0.25) is 9.59 Å². The zero-order chi connectivity index (χ0) is 20.4. The smallest absolute Gasteiger partial charge is 0.431 e. The maximum Gasteiger partial charge on any atom is 0.431 e. The lowest BCUT2D eigenvalue weighted by Crippen LogP contribution is -2.35. The average Bonchev–Trinajstić information content (AvgIpc) is 2.54. The van der Waals surface area contributed by atoms with E-state index in [0.717, 1.165) is 17.2 Å². The van der Waals surface area contributed by atoms with Crippen molar-refractivity contribution in [1.82, 2.24) is 4.57 Å². The Kier molecular flexibility index (Phi) is 5.98. The van der Waals surface area contributed by atoms with Crippen LogP contribution in [0, 0.1) is 6.92 Å². The molecule has 0 aliphatic heterocycles. The van der Waals surface area contributed by atoms with Crippen LogP contribution < -0.4 is 16.0 Å². The van der Waals surface area contributed by atoms with Gasteiger partial charge in [0.25, 0.3) is 11.5 Å². The van der Waals surface area contributed by atoms with Crippen LogP contribution in [0.2, 0.25) is 0 Å². The van der Waals surface area contributed by atoms with Gasteiger partial charge in [0.2, 0.25) is 0 Å². The second kappa shape index (κ2) is 7.85. The molecule has 0 unspecified atom stereocenters. The predicted molar refractivity (Wildman–Crippen MR) is 95.0 cm³/mol. The van der Waals surface area contributed by atoms with Crippen molar-refractivity contribution in [3.63, 3.8) is 0 Å². The van der Waals surface area contributed by atoms with Crippen molar-refractivity contribution in [2.24, 2.45) is 5.73 Å². The quantitative estimate of drug-likeness (QED) is 0.831. The highest BCUT2D eigenvalue weighted by Gasteiger charge is 2.35. The Hall–Kier alpha value is -2.77. The van der Waals surface area contributed by atoms with E-state index in [2.05, 4.69) is 13.8 Å². The second-order valence-electron chi connectivity index (χ2n) is 6.47. The fourth-order valence-corrected chi connectivity index (χ4v) is 2.88. The fourth-order valence-electron chi connectivity index (χ4n) is 2.88. The van der Waals surface area contributed by atoms with Crippen LogP contribution in [-0.2, 0) is 12.7 Å². The molecule has 0 aliphatic carbocycles. The molecule has 0 saturated carbocycles. The highest BCUT2D eigenvalue weighted by Crippen LogP contribution is 2.28. The summed E-state index contributed by atoms with van der Waals surface area (Å²) < 4.78 is 45.5. The number of primary amides is 1. The molecule has 8 heteroatoms. The number of hydrogen-bond acceptors (Lipinski definition) is 3. The van der Waals surface area contributed by atoms with E-state index in [0.29, 0.717) is 22.3 Å². The molecule has 0 spiro atoms. The fraction of sp³-hybridized carbons (Fsp3) is 0.368. The number of ether oxygens (including phenoxy) is 1. The largest absolute Gasteiger partial charge is 0.492 e. The number of benzene rings is 1. The van der Waals surface area contributed by atoms with Crippen molar-refractivity contribution in [3.8, 4) is 5.75 Å². The Morgan fingerprint density at radius 1 is 1.22 bits per heavy atom. The van der Waals surface area contributed by atoms with E-state index < -0.39 is 28.9 Å². The lowest BCUT2D eigenvalue weighted by atomic mass is 9.98. The highest BCUT2D eigenvalue weighted by atomic mass is 19.4. The summed E-state index contributed by atoms with van der Waals surface area (Å²) >= 11 is 0. The highest BCUT2D eigenvalue weighted by molar-refractivity contribution is 5.92. The summed E-state index contributed by atoms with van der Waals surface area (Å²) in [5, 5.41) is 0. The van der Waals surface area contributed by atoms with E-state index in [4.69, 9.17) is 10.5 Å². The van der Waals surface area contributed by atoms with Gasteiger partial charge >= 0.3 is 6.18 Å². The summed E-state index contributed by atoms with van der Waals surface area (Å²) in [5.41, 5.74) is 4.45. The molecule has 1 amide bonds. The number of aryl methyl sites for hydroxylation is 1. The Morgan fingerprint density at radius 3 is 2.41 bits per heavy atom. The molecule has 1 aromatic heterocycles. The molecule has 2 aromatic rings. The molecule has 0 saturated heterocycles. The first kappa shape index (κ1) is 20.5. The number of rotatable bonds is 6. The number of nitrogens with zero attached hydrogens (tertiary/aromatic N) is 1. The van der Waals surface area contributed by atoms with Crippen LogP contribution in [0.5, 0.6) is 5.75 Å². The Bertz CT molecular complexity index is 902. The molecule has 1 heterocycles. The van der Waals surface area contributed by atoms with Gasteiger partial charge in [-0.05, 0) is 48.2 Å². The van der Waals surface area contributed by atoms with Crippen LogP contribution >= 0.6 is 0 Å². The van der Waals surface area contributed by atoms with Gasteiger partial charge in [0.15, 0.2) is 0 Å². The summed E-state index contributed by atoms with van der Waals surface area (Å²) in [6, 6.07) is 6.89. The van der Waals surface area contributed by atoms with E-state index in [-0.39, 0.29) is 13.2 Å². The van der Waals surface area contributed by atoms with Crippen molar-refractivity contribution >= 4 is 5.91 Å². The van der Waals surface area contributed by atoms with Gasteiger partial charge < -0.3 is 15.0 Å². The van der Waals surface area contributed by atoms with E-state index in [1.54, 1.807) is 12.1 Å². The molecule has 5 nitrogen and oxygen atoms in total. The van der Waals surface area contributed by atoms with Gasteiger partial charge in [-0.2, -0.15) is 13.2 Å². The van der Waals surface area contributed by atoms with E-state index in [1.165, 1.54) is 0 Å². The summed E-state index contributed by atoms with van der Waals surface area (Å²) in [6.07, 6.45) is -4.75. The third-order valence-corrected chi connectivity index (χ3v) is 4.18. The van der Waals surface area contributed by atoms with Gasteiger partial charge in [-0.1, -0.05) is 19.9 Å². The minimum Gasteiger partial charge on any atom is -0.492 e. The topological polar surface area (TPSA) is 74.3 Å². The molecule has 0 bridgehead atoms. The maximum absolute atomic E-state index is 13.2. The standard InChI is InChI=1S/C19H21F3N2O3/c1-11(2)14-5-4-13(10-12(14)3)27-9-8-24-16(19(20,21)22)7-6-15(17(23)25)18(24)26/h4-7,10-11H,8-9H2,1-3H3,(H2,23,25). The van der Waals surface area contributed by atoms with Crippen LogP contribution in [0.4, 0.5) is 13.2 Å². The zero-order valence-electron chi connectivity index (χ0n) is 15.3. The summed E-state index contributed by atoms with van der Waals surface area (Å²) in [7, 11) is 0. The van der Waals surface area contributed by atoms with E-state index in [1.807, 2.05) is 13.0 Å². The zero-order valence-corrected chi connectivity index (χ0v) is 15.3. The molecule has 0 fully saturated rings. The molecular formula is C19H21F3N2O3. The van der Waals surface area contributed by atoms with Crippen molar-refractivity contribution < 1.29 is 22.7 Å².